The van der Waals surface area contributed by atoms with Crippen LogP contribution in [0.25, 0.3) is 10.9 Å². The molecular formula is C17H18FN5O2. The molecule has 0 bridgehead atoms. The Kier molecular flexibility index (Phi) is 3.76. The van der Waals surface area contributed by atoms with E-state index >= 15 is 0 Å². The molecule has 2 N–H and O–H groups in total. The highest BCUT2D eigenvalue weighted by Crippen LogP contribution is 2.25. The van der Waals surface area contributed by atoms with Crippen molar-refractivity contribution in [2.75, 3.05) is 13.1 Å². The molecule has 1 atom stereocenters. The first kappa shape index (κ1) is 15.8. The van der Waals surface area contributed by atoms with E-state index in [-0.39, 0.29) is 24.8 Å². The van der Waals surface area contributed by atoms with Crippen LogP contribution in [-0.4, -0.2) is 54.6 Å². The maximum absolute atomic E-state index is 13.8. The molecule has 1 aliphatic rings. The molecule has 1 aliphatic heterocycles. The second-order valence-electron chi connectivity index (χ2n) is 6.54. The van der Waals surface area contributed by atoms with Gasteiger partial charge >= 0.3 is 0 Å². The number of hydrogen-bond donors (Lipinski definition) is 2. The summed E-state index contributed by atoms with van der Waals surface area (Å²) in [7, 11) is 0. The standard InChI is InChI=1S/C17H18FN5O2/c18-13-3-1-4-14-12(13)9-15(20-14)16(24)22-7-2-5-17(25,10-22)11-23-8-6-19-21-23/h1,3-4,6,8-9,20,25H,2,5,7,10-11H2. The molecule has 4 rings (SSSR count). The number of halogens is 1. The number of nitrogens with one attached hydrogen (secondary N) is 1. The molecule has 0 aliphatic carbocycles. The zero-order chi connectivity index (χ0) is 17.4. The Bertz CT molecular complexity index is 907. The van der Waals surface area contributed by atoms with E-state index in [1.165, 1.54) is 12.1 Å². The number of aromatic nitrogens is 4. The number of rotatable bonds is 3. The summed E-state index contributed by atoms with van der Waals surface area (Å²) < 4.78 is 15.4. The second kappa shape index (κ2) is 5.96. The smallest absolute Gasteiger partial charge is 0.270 e. The molecule has 3 heterocycles. The zero-order valence-corrected chi connectivity index (χ0v) is 13.5. The van der Waals surface area contributed by atoms with Crippen LogP contribution in [0.5, 0.6) is 0 Å². The van der Waals surface area contributed by atoms with Gasteiger partial charge < -0.3 is 15.0 Å². The van der Waals surface area contributed by atoms with Gasteiger partial charge in [0.2, 0.25) is 0 Å². The molecule has 1 fully saturated rings. The number of nitrogens with zero attached hydrogens (tertiary/aromatic N) is 4. The number of H-pyrrole nitrogens is 1. The van der Waals surface area contributed by atoms with E-state index < -0.39 is 5.60 Å². The molecule has 25 heavy (non-hydrogen) atoms. The lowest BCUT2D eigenvalue weighted by atomic mass is 9.92. The molecular weight excluding hydrogens is 325 g/mol. The summed E-state index contributed by atoms with van der Waals surface area (Å²) in [5.74, 6) is -0.610. The van der Waals surface area contributed by atoms with Gasteiger partial charge in [0.05, 0.1) is 19.3 Å². The third kappa shape index (κ3) is 3.00. The van der Waals surface area contributed by atoms with Crippen LogP contribution in [0.1, 0.15) is 23.3 Å². The summed E-state index contributed by atoms with van der Waals surface area (Å²) in [6.07, 6.45) is 4.50. The van der Waals surface area contributed by atoms with Crippen molar-refractivity contribution >= 4 is 16.8 Å². The number of hydrogen-bond acceptors (Lipinski definition) is 4. The third-order valence-electron chi connectivity index (χ3n) is 4.61. The average Bonchev–Trinajstić information content (AvgIpc) is 3.24. The third-order valence-corrected chi connectivity index (χ3v) is 4.61. The highest BCUT2D eigenvalue weighted by molar-refractivity contribution is 5.98. The van der Waals surface area contributed by atoms with Crippen molar-refractivity contribution in [3.63, 3.8) is 0 Å². The number of benzene rings is 1. The summed E-state index contributed by atoms with van der Waals surface area (Å²) in [5.41, 5.74) is -0.151. The van der Waals surface area contributed by atoms with Crippen LogP contribution in [0, 0.1) is 5.82 Å². The van der Waals surface area contributed by atoms with Crippen molar-refractivity contribution in [1.29, 1.82) is 0 Å². The van der Waals surface area contributed by atoms with E-state index in [0.717, 1.165) is 0 Å². The Morgan fingerprint density at radius 2 is 2.32 bits per heavy atom. The molecule has 130 valence electrons. The van der Waals surface area contributed by atoms with Gasteiger partial charge in [0.1, 0.15) is 17.1 Å². The molecule has 1 unspecified atom stereocenters. The van der Waals surface area contributed by atoms with E-state index in [0.29, 0.717) is 36.0 Å². The van der Waals surface area contributed by atoms with E-state index in [4.69, 9.17) is 0 Å². The van der Waals surface area contributed by atoms with E-state index in [9.17, 15) is 14.3 Å². The number of carbonyl (C=O) groups excluding carboxylic acids is 1. The number of β-amino-alcohol motifs (C(OH)–C–C–N with tert-alkyl or cyclic N) is 1. The largest absolute Gasteiger partial charge is 0.386 e. The molecule has 2 aromatic heterocycles. The van der Waals surface area contributed by atoms with Crippen molar-refractivity contribution in [1.82, 2.24) is 24.9 Å². The van der Waals surface area contributed by atoms with Crippen molar-refractivity contribution in [2.24, 2.45) is 0 Å². The first-order valence-electron chi connectivity index (χ1n) is 8.17. The fourth-order valence-corrected chi connectivity index (χ4v) is 3.44. The lowest BCUT2D eigenvalue weighted by Crippen LogP contribution is -2.52. The minimum Gasteiger partial charge on any atom is -0.386 e. The van der Waals surface area contributed by atoms with Gasteiger partial charge in [0.25, 0.3) is 5.91 Å². The van der Waals surface area contributed by atoms with Crippen LogP contribution >= 0.6 is 0 Å². The van der Waals surface area contributed by atoms with Gasteiger partial charge in [-0.05, 0) is 31.0 Å². The van der Waals surface area contributed by atoms with Gasteiger partial charge in [-0.1, -0.05) is 11.3 Å². The van der Waals surface area contributed by atoms with Crippen LogP contribution in [0.4, 0.5) is 4.39 Å². The minimum atomic E-state index is -1.06. The number of aromatic amines is 1. The van der Waals surface area contributed by atoms with E-state index in [1.807, 2.05) is 0 Å². The first-order valence-corrected chi connectivity index (χ1v) is 8.17. The number of carbonyl (C=O) groups is 1. The Morgan fingerprint density at radius 3 is 3.08 bits per heavy atom. The number of amides is 1. The van der Waals surface area contributed by atoms with Gasteiger partial charge in [0.15, 0.2) is 0 Å². The zero-order valence-electron chi connectivity index (χ0n) is 13.5. The number of aliphatic hydroxyl groups is 1. The van der Waals surface area contributed by atoms with Crippen LogP contribution < -0.4 is 0 Å². The summed E-state index contributed by atoms with van der Waals surface area (Å²) >= 11 is 0. The average molecular weight is 343 g/mol. The van der Waals surface area contributed by atoms with Crippen molar-refractivity contribution in [2.45, 2.75) is 25.0 Å². The highest BCUT2D eigenvalue weighted by atomic mass is 19.1. The second-order valence-corrected chi connectivity index (χ2v) is 6.54. The Balaban J connectivity index is 1.55. The molecule has 8 heteroatoms. The molecule has 0 saturated carbocycles. The quantitative estimate of drug-likeness (QED) is 0.756. The number of fused-ring (bicyclic) bond motifs is 1. The Labute approximate surface area is 143 Å². The topological polar surface area (TPSA) is 87.0 Å². The lowest BCUT2D eigenvalue weighted by Gasteiger charge is -2.38. The predicted octanol–water partition coefficient (Wildman–Crippen LogP) is 1.57. The summed E-state index contributed by atoms with van der Waals surface area (Å²) in [5, 5.41) is 18.8. The SMILES string of the molecule is O=C(c1cc2c(F)cccc2[nH]1)N1CCCC(O)(Cn2ccnn2)C1. The summed E-state index contributed by atoms with van der Waals surface area (Å²) in [6.45, 7) is 1.03. The molecule has 3 aromatic rings. The summed E-state index contributed by atoms with van der Waals surface area (Å²) in [6, 6.07) is 6.22. The van der Waals surface area contributed by atoms with Crippen LogP contribution in [0.15, 0.2) is 36.7 Å². The van der Waals surface area contributed by atoms with Crippen LogP contribution in [0.2, 0.25) is 0 Å². The molecule has 0 spiro atoms. The van der Waals surface area contributed by atoms with Crippen molar-refractivity contribution in [3.8, 4) is 0 Å². The van der Waals surface area contributed by atoms with Gasteiger partial charge in [0, 0.05) is 23.6 Å². The van der Waals surface area contributed by atoms with E-state index in [1.54, 1.807) is 34.1 Å². The number of likely N-dealkylation sites (tertiary alicyclic amines) is 1. The maximum atomic E-state index is 13.8. The summed E-state index contributed by atoms with van der Waals surface area (Å²) in [4.78, 5) is 17.4. The fraction of sp³-hybridized carbons (Fsp3) is 0.353. The van der Waals surface area contributed by atoms with Crippen LogP contribution in [-0.2, 0) is 6.54 Å². The van der Waals surface area contributed by atoms with Gasteiger partial charge in [-0.15, -0.1) is 5.10 Å². The van der Waals surface area contributed by atoms with Crippen molar-refractivity contribution in [3.05, 3.63) is 48.2 Å². The molecule has 1 aromatic carbocycles. The van der Waals surface area contributed by atoms with Crippen LogP contribution in [0.3, 0.4) is 0 Å². The molecule has 7 nitrogen and oxygen atoms in total. The predicted molar refractivity (Wildman–Crippen MR) is 88.4 cm³/mol. The highest BCUT2D eigenvalue weighted by Gasteiger charge is 2.36. The monoisotopic (exact) mass is 343 g/mol. The van der Waals surface area contributed by atoms with E-state index in [2.05, 4.69) is 15.3 Å². The number of piperidine rings is 1. The normalized spacial score (nSPS) is 21.0. The van der Waals surface area contributed by atoms with Crippen molar-refractivity contribution < 1.29 is 14.3 Å². The fourth-order valence-electron chi connectivity index (χ4n) is 3.44. The van der Waals surface area contributed by atoms with Gasteiger partial charge in [-0.25, -0.2) is 9.07 Å². The Morgan fingerprint density at radius 1 is 1.44 bits per heavy atom. The van der Waals surface area contributed by atoms with Gasteiger partial charge in [-0.3, -0.25) is 4.79 Å². The molecule has 0 radical (unpaired) electrons. The minimum absolute atomic E-state index is 0.198. The Hall–Kier alpha value is -2.74. The first-order chi connectivity index (χ1) is 12.0. The lowest BCUT2D eigenvalue weighted by molar-refractivity contribution is -0.0388. The maximum Gasteiger partial charge on any atom is 0.270 e. The molecule has 1 saturated heterocycles. The van der Waals surface area contributed by atoms with Gasteiger partial charge in [-0.2, -0.15) is 0 Å². The molecule has 1 amide bonds.